The lowest BCUT2D eigenvalue weighted by molar-refractivity contribution is 0.0999. The summed E-state index contributed by atoms with van der Waals surface area (Å²) in [4.78, 5) is 10.8. The fraction of sp³-hybridized carbons (Fsp3) is 0. The lowest BCUT2D eigenvalue weighted by atomic mass is 10.1. The lowest BCUT2D eigenvalue weighted by Gasteiger charge is -1.92. The molecular formula is C11H9NO2. The number of carbonyl (C=O) groups excluding carboxylic acids is 1. The molecule has 2 aromatic rings. The van der Waals surface area contributed by atoms with Crippen LogP contribution in [0.15, 0.2) is 47.1 Å². The summed E-state index contributed by atoms with van der Waals surface area (Å²) in [6.45, 7) is 0. The first-order valence-electron chi connectivity index (χ1n) is 4.21. The Morgan fingerprint density at radius 3 is 2.50 bits per heavy atom. The van der Waals surface area contributed by atoms with Gasteiger partial charge < -0.3 is 10.2 Å². The minimum Gasteiger partial charge on any atom is -0.464 e. The molecule has 0 saturated heterocycles. The van der Waals surface area contributed by atoms with Crippen molar-refractivity contribution < 1.29 is 9.21 Å². The second-order valence-electron chi connectivity index (χ2n) is 2.93. The molecule has 1 heterocycles. The van der Waals surface area contributed by atoms with Gasteiger partial charge in [0, 0.05) is 5.56 Å². The second kappa shape index (κ2) is 3.38. The number of benzene rings is 1. The molecule has 1 aromatic heterocycles. The third kappa shape index (κ3) is 1.52. The van der Waals surface area contributed by atoms with E-state index >= 15 is 0 Å². The normalized spacial score (nSPS) is 10.0. The molecule has 70 valence electrons. The predicted octanol–water partition coefficient (Wildman–Crippen LogP) is 2.05. The highest BCUT2D eigenvalue weighted by Gasteiger charge is 2.07. The highest BCUT2D eigenvalue weighted by molar-refractivity contribution is 5.93. The molecule has 14 heavy (non-hydrogen) atoms. The van der Waals surface area contributed by atoms with Crippen molar-refractivity contribution in [3.63, 3.8) is 0 Å². The average molecular weight is 187 g/mol. The first-order valence-corrected chi connectivity index (χ1v) is 4.21. The van der Waals surface area contributed by atoms with Crippen LogP contribution in [0.2, 0.25) is 0 Å². The van der Waals surface area contributed by atoms with Gasteiger partial charge in [-0.15, -0.1) is 0 Å². The zero-order chi connectivity index (χ0) is 9.97. The summed E-state index contributed by atoms with van der Waals surface area (Å²) in [6.07, 6.45) is 1.37. The van der Waals surface area contributed by atoms with Gasteiger partial charge in [-0.1, -0.05) is 30.3 Å². The molecule has 3 heteroatoms. The van der Waals surface area contributed by atoms with Crippen LogP contribution < -0.4 is 5.73 Å². The number of hydrogen-bond donors (Lipinski definition) is 1. The Kier molecular flexibility index (Phi) is 2.07. The van der Waals surface area contributed by atoms with Gasteiger partial charge in [0.25, 0.3) is 5.91 Å². The van der Waals surface area contributed by atoms with E-state index in [1.54, 1.807) is 6.07 Å². The fourth-order valence-electron chi connectivity index (χ4n) is 1.22. The predicted molar refractivity (Wildman–Crippen MR) is 52.7 cm³/mol. The summed E-state index contributed by atoms with van der Waals surface area (Å²) in [6, 6.07) is 11.2. The SMILES string of the molecule is NC(=O)c1coc(-c2ccccc2)c1. The van der Waals surface area contributed by atoms with Crippen LogP contribution in [0.4, 0.5) is 0 Å². The van der Waals surface area contributed by atoms with E-state index in [1.807, 2.05) is 30.3 Å². The zero-order valence-corrected chi connectivity index (χ0v) is 7.44. The van der Waals surface area contributed by atoms with Crippen LogP contribution in [0.25, 0.3) is 11.3 Å². The van der Waals surface area contributed by atoms with Gasteiger partial charge in [-0.2, -0.15) is 0 Å². The van der Waals surface area contributed by atoms with Crippen molar-refractivity contribution in [2.75, 3.05) is 0 Å². The summed E-state index contributed by atoms with van der Waals surface area (Å²) in [5, 5.41) is 0. The van der Waals surface area contributed by atoms with Crippen LogP contribution in [-0.4, -0.2) is 5.91 Å². The molecule has 0 spiro atoms. The maximum absolute atomic E-state index is 10.8. The van der Waals surface area contributed by atoms with Crippen LogP contribution in [0.3, 0.4) is 0 Å². The molecule has 0 aliphatic rings. The Morgan fingerprint density at radius 2 is 1.93 bits per heavy atom. The highest BCUT2D eigenvalue weighted by Crippen LogP contribution is 2.21. The number of furan rings is 1. The van der Waals surface area contributed by atoms with Gasteiger partial charge in [-0.25, -0.2) is 0 Å². The summed E-state index contributed by atoms with van der Waals surface area (Å²) in [5.74, 6) is 0.176. The van der Waals surface area contributed by atoms with E-state index in [0.717, 1.165) is 5.56 Å². The van der Waals surface area contributed by atoms with E-state index in [9.17, 15) is 4.79 Å². The van der Waals surface area contributed by atoms with Gasteiger partial charge in [-0.3, -0.25) is 4.79 Å². The maximum atomic E-state index is 10.8. The zero-order valence-electron chi connectivity index (χ0n) is 7.44. The summed E-state index contributed by atoms with van der Waals surface area (Å²) in [5.41, 5.74) is 6.43. The van der Waals surface area contributed by atoms with Gasteiger partial charge in [-0.05, 0) is 6.07 Å². The quantitative estimate of drug-likeness (QED) is 0.782. The molecule has 1 amide bonds. The smallest absolute Gasteiger partial charge is 0.251 e. The minimum absolute atomic E-state index is 0.392. The molecule has 0 unspecified atom stereocenters. The Hall–Kier alpha value is -2.03. The molecule has 1 aromatic carbocycles. The molecule has 0 bridgehead atoms. The molecular weight excluding hydrogens is 178 g/mol. The van der Waals surface area contributed by atoms with Crippen LogP contribution in [-0.2, 0) is 0 Å². The first-order chi connectivity index (χ1) is 6.77. The molecule has 2 N–H and O–H groups in total. The van der Waals surface area contributed by atoms with Crippen molar-refractivity contribution in [3.05, 3.63) is 48.2 Å². The standard InChI is InChI=1S/C11H9NO2/c12-11(13)9-6-10(14-7-9)8-4-2-1-3-5-8/h1-7H,(H2,12,13). The summed E-state index contributed by atoms with van der Waals surface area (Å²) in [7, 11) is 0. The van der Waals surface area contributed by atoms with E-state index in [0.29, 0.717) is 11.3 Å². The topological polar surface area (TPSA) is 56.2 Å². The van der Waals surface area contributed by atoms with Crippen LogP contribution in [0.1, 0.15) is 10.4 Å². The van der Waals surface area contributed by atoms with Gasteiger partial charge in [0.1, 0.15) is 12.0 Å². The molecule has 0 atom stereocenters. The number of rotatable bonds is 2. The monoisotopic (exact) mass is 187 g/mol. The third-order valence-electron chi connectivity index (χ3n) is 1.94. The van der Waals surface area contributed by atoms with E-state index in [1.165, 1.54) is 6.26 Å². The number of hydrogen-bond acceptors (Lipinski definition) is 2. The first kappa shape index (κ1) is 8.56. The van der Waals surface area contributed by atoms with Gasteiger partial charge in [0.05, 0.1) is 5.56 Å². The third-order valence-corrected chi connectivity index (χ3v) is 1.94. The highest BCUT2D eigenvalue weighted by atomic mass is 16.3. The number of amides is 1. The van der Waals surface area contributed by atoms with Crippen molar-refractivity contribution in [2.24, 2.45) is 5.73 Å². The Balaban J connectivity index is 2.39. The van der Waals surface area contributed by atoms with Gasteiger partial charge >= 0.3 is 0 Å². The van der Waals surface area contributed by atoms with Gasteiger partial charge in [0.15, 0.2) is 0 Å². The number of primary amides is 1. The van der Waals surface area contributed by atoms with E-state index in [-0.39, 0.29) is 0 Å². The van der Waals surface area contributed by atoms with Gasteiger partial charge in [0.2, 0.25) is 0 Å². The molecule has 0 radical (unpaired) electrons. The van der Waals surface area contributed by atoms with E-state index < -0.39 is 5.91 Å². The van der Waals surface area contributed by atoms with Crippen LogP contribution in [0, 0.1) is 0 Å². The Labute approximate surface area is 81.1 Å². The Bertz CT molecular complexity index is 445. The number of carbonyl (C=O) groups is 1. The molecule has 3 nitrogen and oxygen atoms in total. The average Bonchev–Trinajstić information content (AvgIpc) is 2.68. The van der Waals surface area contributed by atoms with Crippen molar-refractivity contribution in [2.45, 2.75) is 0 Å². The largest absolute Gasteiger partial charge is 0.464 e. The van der Waals surface area contributed by atoms with E-state index in [4.69, 9.17) is 10.2 Å². The summed E-state index contributed by atoms with van der Waals surface area (Å²) >= 11 is 0. The molecule has 0 aliphatic heterocycles. The summed E-state index contributed by atoms with van der Waals surface area (Å²) < 4.78 is 5.21. The molecule has 2 rings (SSSR count). The minimum atomic E-state index is -0.476. The van der Waals surface area contributed by atoms with Crippen molar-refractivity contribution in [3.8, 4) is 11.3 Å². The maximum Gasteiger partial charge on any atom is 0.251 e. The molecule has 0 fully saturated rings. The fourth-order valence-corrected chi connectivity index (χ4v) is 1.22. The molecule has 0 aliphatic carbocycles. The van der Waals surface area contributed by atoms with Crippen molar-refractivity contribution in [1.29, 1.82) is 0 Å². The van der Waals surface area contributed by atoms with Crippen molar-refractivity contribution >= 4 is 5.91 Å². The van der Waals surface area contributed by atoms with Crippen molar-refractivity contribution in [1.82, 2.24) is 0 Å². The lowest BCUT2D eigenvalue weighted by Crippen LogP contribution is -2.09. The molecule has 0 saturated carbocycles. The van der Waals surface area contributed by atoms with Crippen LogP contribution in [0.5, 0.6) is 0 Å². The Morgan fingerprint density at radius 1 is 1.21 bits per heavy atom. The van der Waals surface area contributed by atoms with Crippen LogP contribution >= 0.6 is 0 Å². The number of nitrogens with two attached hydrogens (primary N) is 1. The van der Waals surface area contributed by atoms with E-state index in [2.05, 4.69) is 0 Å². The second-order valence-corrected chi connectivity index (χ2v) is 2.93.